The fourth-order valence-electron chi connectivity index (χ4n) is 3.80. The molecule has 0 aliphatic carbocycles. The number of hydrogen-bond donors (Lipinski definition) is 1. The second-order valence-corrected chi connectivity index (χ2v) is 9.03. The van der Waals surface area contributed by atoms with Crippen molar-refractivity contribution in [2.75, 3.05) is 12.4 Å². The zero-order valence-corrected chi connectivity index (χ0v) is 19.5. The summed E-state index contributed by atoms with van der Waals surface area (Å²) in [6, 6.07) is 20.0. The van der Waals surface area contributed by atoms with Gasteiger partial charge in [0.05, 0.1) is 29.1 Å². The van der Waals surface area contributed by atoms with Gasteiger partial charge in [-0.05, 0) is 35.2 Å². The number of nitrogens with one attached hydrogen (secondary N) is 1. The second-order valence-electron chi connectivity index (χ2n) is 9.03. The number of ether oxygens (including phenoxy) is 1. The first-order valence-electron chi connectivity index (χ1n) is 10.9. The molecule has 0 saturated carbocycles. The summed E-state index contributed by atoms with van der Waals surface area (Å²) in [5.74, 6) is 0.594. The summed E-state index contributed by atoms with van der Waals surface area (Å²) in [5.41, 5.74) is 3.54. The van der Waals surface area contributed by atoms with Crippen molar-refractivity contribution in [2.24, 2.45) is 0 Å². The van der Waals surface area contributed by atoms with Gasteiger partial charge in [0, 0.05) is 5.56 Å². The highest BCUT2D eigenvalue weighted by atomic mass is 16.6. The number of methoxy groups -OCH3 is 1. The number of carbonyl (C=O) groups excluding carboxylic acids is 1. The van der Waals surface area contributed by atoms with Crippen molar-refractivity contribution in [3.63, 3.8) is 0 Å². The van der Waals surface area contributed by atoms with Gasteiger partial charge in [-0.3, -0.25) is 14.9 Å². The predicted molar refractivity (Wildman–Crippen MR) is 132 cm³/mol. The fraction of sp³-hybridized carbons (Fsp3) is 0.231. The minimum absolute atomic E-state index is 0.0195. The number of benzene rings is 3. The molecule has 0 radical (unpaired) electrons. The highest BCUT2D eigenvalue weighted by Crippen LogP contribution is 2.30. The van der Waals surface area contributed by atoms with E-state index in [0.717, 1.165) is 16.6 Å². The van der Waals surface area contributed by atoms with E-state index in [1.807, 2.05) is 41.0 Å². The standard InChI is InChI=1S/C26H26N4O4/c1-26(2,3)18-11-9-17(10-12-18)25-28-20-7-5-6-8-22(20)29(25)16-24(31)27-21-14-13-19(34-4)15-23(21)30(32)33/h5-15H,16H2,1-4H3,(H,27,31). The molecule has 174 valence electrons. The van der Waals surface area contributed by atoms with E-state index < -0.39 is 10.8 Å². The van der Waals surface area contributed by atoms with Gasteiger partial charge in [-0.15, -0.1) is 0 Å². The maximum atomic E-state index is 13.0. The summed E-state index contributed by atoms with van der Waals surface area (Å²) in [4.78, 5) is 28.7. The summed E-state index contributed by atoms with van der Waals surface area (Å²) in [6.45, 7) is 6.40. The summed E-state index contributed by atoms with van der Waals surface area (Å²) in [5, 5.41) is 14.2. The molecule has 8 heteroatoms. The Morgan fingerprint density at radius 1 is 1.09 bits per heavy atom. The van der Waals surface area contributed by atoms with Crippen molar-refractivity contribution in [1.82, 2.24) is 9.55 Å². The van der Waals surface area contributed by atoms with Gasteiger partial charge in [0.1, 0.15) is 23.8 Å². The third-order valence-corrected chi connectivity index (χ3v) is 5.64. The minimum Gasteiger partial charge on any atom is -0.496 e. The molecule has 0 aliphatic heterocycles. The maximum Gasteiger partial charge on any atom is 0.296 e. The lowest BCUT2D eigenvalue weighted by Crippen LogP contribution is -2.20. The highest BCUT2D eigenvalue weighted by Gasteiger charge is 2.20. The molecule has 0 aliphatic rings. The summed E-state index contributed by atoms with van der Waals surface area (Å²) in [7, 11) is 1.43. The van der Waals surface area contributed by atoms with Gasteiger partial charge in [-0.1, -0.05) is 57.2 Å². The molecular weight excluding hydrogens is 432 g/mol. The van der Waals surface area contributed by atoms with E-state index in [2.05, 4.69) is 38.2 Å². The van der Waals surface area contributed by atoms with Crippen LogP contribution in [0.4, 0.5) is 11.4 Å². The molecule has 1 N–H and O–H groups in total. The number of hydrogen-bond acceptors (Lipinski definition) is 5. The molecule has 0 atom stereocenters. The van der Waals surface area contributed by atoms with Crippen LogP contribution in [0.2, 0.25) is 0 Å². The number of para-hydroxylation sites is 2. The largest absolute Gasteiger partial charge is 0.496 e. The van der Waals surface area contributed by atoms with E-state index in [1.165, 1.54) is 24.8 Å². The molecule has 4 aromatic rings. The van der Waals surface area contributed by atoms with Crippen LogP contribution >= 0.6 is 0 Å². The lowest BCUT2D eigenvalue weighted by atomic mass is 9.87. The number of fused-ring (bicyclic) bond motifs is 1. The molecule has 0 spiro atoms. The first-order chi connectivity index (χ1) is 16.2. The summed E-state index contributed by atoms with van der Waals surface area (Å²) < 4.78 is 6.89. The molecule has 8 nitrogen and oxygen atoms in total. The molecule has 1 amide bonds. The van der Waals surface area contributed by atoms with Crippen molar-refractivity contribution < 1.29 is 14.5 Å². The Morgan fingerprint density at radius 3 is 2.44 bits per heavy atom. The normalized spacial score (nSPS) is 11.4. The quantitative estimate of drug-likeness (QED) is 0.301. The molecule has 0 fully saturated rings. The molecule has 4 rings (SSSR count). The Balaban J connectivity index is 1.69. The van der Waals surface area contributed by atoms with Gasteiger partial charge >= 0.3 is 0 Å². The average Bonchev–Trinajstić information content (AvgIpc) is 3.17. The number of imidazole rings is 1. The van der Waals surface area contributed by atoms with Gasteiger partial charge in [-0.25, -0.2) is 4.98 Å². The lowest BCUT2D eigenvalue weighted by molar-refractivity contribution is -0.384. The number of anilines is 1. The number of aromatic nitrogens is 2. The number of carbonyl (C=O) groups is 1. The lowest BCUT2D eigenvalue weighted by Gasteiger charge is -2.19. The number of rotatable bonds is 6. The van der Waals surface area contributed by atoms with Crippen LogP contribution in [0.5, 0.6) is 5.75 Å². The van der Waals surface area contributed by atoms with Gasteiger partial charge in [0.2, 0.25) is 5.91 Å². The Hall–Kier alpha value is -4.20. The van der Waals surface area contributed by atoms with Crippen molar-refractivity contribution in [3.8, 4) is 17.1 Å². The Bertz CT molecular complexity index is 1370. The van der Waals surface area contributed by atoms with Crippen molar-refractivity contribution in [2.45, 2.75) is 32.7 Å². The predicted octanol–water partition coefficient (Wildman–Crippen LogP) is 5.56. The SMILES string of the molecule is COc1ccc(NC(=O)Cn2c(-c3ccc(C(C)(C)C)cc3)nc3ccccc32)c([N+](=O)[O-])c1. The van der Waals surface area contributed by atoms with Crippen LogP contribution in [0.1, 0.15) is 26.3 Å². The van der Waals surface area contributed by atoms with Gasteiger partial charge in [-0.2, -0.15) is 0 Å². The average molecular weight is 459 g/mol. The van der Waals surface area contributed by atoms with Crippen molar-refractivity contribution >= 4 is 28.3 Å². The second kappa shape index (κ2) is 8.97. The molecule has 1 heterocycles. The topological polar surface area (TPSA) is 99.3 Å². The van der Waals surface area contributed by atoms with Crippen LogP contribution in [0, 0.1) is 10.1 Å². The van der Waals surface area contributed by atoms with Crippen LogP contribution in [0.15, 0.2) is 66.7 Å². The van der Waals surface area contributed by atoms with Crippen LogP contribution < -0.4 is 10.1 Å². The first kappa shape index (κ1) is 23.0. The third kappa shape index (κ3) is 4.61. The molecule has 1 aromatic heterocycles. The molecule has 0 bridgehead atoms. The van der Waals surface area contributed by atoms with E-state index in [0.29, 0.717) is 11.6 Å². The summed E-state index contributed by atoms with van der Waals surface area (Å²) in [6.07, 6.45) is 0. The number of amides is 1. The summed E-state index contributed by atoms with van der Waals surface area (Å²) >= 11 is 0. The highest BCUT2D eigenvalue weighted by molar-refractivity contribution is 5.94. The van der Waals surface area contributed by atoms with Crippen LogP contribution in [-0.2, 0) is 16.8 Å². The van der Waals surface area contributed by atoms with Gasteiger partial charge in [0.25, 0.3) is 5.69 Å². The zero-order chi connectivity index (χ0) is 24.5. The monoisotopic (exact) mass is 458 g/mol. The van der Waals surface area contributed by atoms with Crippen molar-refractivity contribution in [1.29, 1.82) is 0 Å². The fourth-order valence-corrected chi connectivity index (χ4v) is 3.80. The molecule has 0 unspecified atom stereocenters. The van der Waals surface area contributed by atoms with E-state index in [-0.39, 0.29) is 23.3 Å². The smallest absolute Gasteiger partial charge is 0.296 e. The van der Waals surface area contributed by atoms with E-state index in [1.54, 1.807) is 6.07 Å². The first-order valence-corrected chi connectivity index (χ1v) is 10.9. The Kier molecular flexibility index (Phi) is 6.06. The van der Waals surface area contributed by atoms with E-state index in [4.69, 9.17) is 9.72 Å². The molecule has 3 aromatic carbocycles. The number of nitrogens with zero attached hydrogens (tertiary/aromatic N) is 3. The van der Waals surface area contributed by atoms with Crippen molar-refractivity contribution in [3.05, 3.63) is 82.4 Å². The van der Waals surface area contributed by atoms with Gasteiger partial charge < -0.3 is 14.6 Å². The molecule has 0 saturated heterocycles. The third-order valence-electron chi connectivity index (χ3n) is 5.64. The Labute approximate surface area is 197 Å². The minimum atomic E-state index is -0.549. The zero-order valence-electron chi connectivity index (χ0n) is 19.5. The van der Waals surface area contributed by atoms with Gasteiger partial charge in [0.15, 0.2) is 0 Å². The van der Waals surface area contributed by atoms with E-state index >= 15 is 0 Å². The molecule has 34 heavy (non-hydrogen) atoms. The van der Waals surface area contributed by atoms with Crippen LogP contribution in [0.25, 0.3) is 22.4 Å². The Morgan fingerprint density at radius 2 is 1.79 bits per heavy atom. The maximum absolute atomic E-state index is 13.0. The van der Waals surface area contributed by atoms with Crippen LogP contribution in [0.3, 0.4) is 0 Å². The number of nitro groups is 1. The number of nitro benzene ring substituents is 1. The van der Waals surface area contributed by atoms with Crippen LogP contribution in [-0.4, -0.2) is 27.5 Å². The van der Waals surface area contributed by atoms with E-state index in [9.17, 15) is 14.9 Å². The molecular formula is C26H26N4O4.